The lowest BCUT2D eigenvalue weighted by Crippen LogP contribution is -2.36. The second-order valence-corrected chi connectivity index (χ2v) is 9.08. The van der Waals surface area contributed by atoms with Crippen molar-refractivity contribution >= 4 is 17.4 Å². The maximum Gasteiger partial charge on any atom is 0.249 e. The third kappa shape index (κ3) is 4.24. The molecule has 1 atom stereocenters. The van der Waals surface area contributed by atoms with Gasteiger partial charge in [0, 0.05) is 52.0 Å². The average Bonchev–Trinajstić information content (AvgIpc) is 3.27. The van der Waals surface area contributed by atoms with Gasteiger partial charge in [0.15, 0.2) is 0 Å². The molecule has 4 rings (SSSR count). The molecule has 1 unspecified atom stereocenters. The van der Waals surface area contributed by atoms with Crippen LogP contribution >= 0.6 is 0 Å². The lowest BCUT2D eigenvalue weighted by atomic mass is 9.74. The summed E-state index contributed by atoms with van der Waals surface area (Å²) in [7, 11) is 7.67. The minimum absolute atomic E-state index is 0.102. The van der Waals surface area contributed by atoms with Gasteiger partial charge >= 0.3 is 0 Å². The molecule has 1 amide bonds. The molecule has 0 radical (unpaired) electrons. The van der Waals surface area contributed by atoms with Crippen molar-refractivity contribution in [3.8, 4) is 0 Å². The van der Waals surface area contributed by atoms with Crippen LogP contribution in [0, 0.1) is 5.92 Å². The Hall–Kier alpha value is -3.02. The lowest BCUT2D eigenvalue weighted by molar-refractivity contribution is -0.124. The number of pyridine rings is 1. The summed E-state index contributed by atoms with van der Waals surface area (Å²) in [6, 6.07) is 4.04. The smallest absolute Gasteiger partial charge is 0.249 e. The number of allylic oxidation sites excluding steroid dienone is 4. The van der Waals surface area contributed by atoms with Crippen molar-refractivity contribution in [2.75, 3.05) is 38.4 Å². The first-order chi connectivity index (χ1) is 14.8. The third-order valence-electron chi connectivity index (χ3n) is 6.41. The predicted molar refractivity (Wildman–Crippen MR) is 127 cm³/mol. The summed E-state index contributed by atoms with van der Waals surface area (Å²) in [5.74, 6) is 1.35. The van der Waals surface area contributed by atoms with E-state index in [9.17, 15) is 4.79 Å². The number of nitrogens with one attached hydrogen (secondary N) is 2. The molecule has 0 spiro atoms. The maximum atomic E-state index is 13.1. The molecule has 0 aromatic carbocycles. The van der Waals surface area contributed by atoms with E-state index in [0.29, 0.717) is 12.3 Å². The molecule has 6 nitrogen and oxygen atoms in total. The molecule has 2 N–H and O–H groups in total. The first kappa shape index (κ1) is 21.2. The molecule has 0 saturated heterocycles. The normalized spacial score (nSPS) is 21.2. The third-order valence-corrected chi connectivity index (χ3v) is 6.41. The zero-order valence-electron chi connectivity index (χ0n) is 19.0. The number of hydrogen-bond donors (Lipinski definition) is 2. The summed E-state index contributed by atoms with van der Waals surface area (Å²) in [6.07, 6.45) is 11.4. The quantitative estimate of drug-likeness (QED) is 0.760. The molecule has 3 aliphatic rings. The van der Waals surface area contributed by atoms with Gasteiger partial charge in [-0.2, -0.15) is 0 Å². The largest absolute Gasteiger partial charge is 0.376 e. The van der Waals surface area contributed by atoms with Crippen LogP contribution in [0.5, 0.6) is 0 Å². The highest BCUT2D eigenvalue weighted by atomic mass is 16.2. The van der Waals surface area contributed by atoms with E-state index in [2.05, 4.69) is 34.5 Å². The van der Waals surface area contributed by atoms with Crippen LogP contribution in [0.25, 0.3) is 0 Å². The number of carbonyl (C=O) groups excluding carboxylic acids is 1. The fraction of sp³-hybridized carbons (Fsp3) is 0.440. The van der Waals surface area contributed by atoms with Gasteiger partial charge in [-0.15, -0.1) is 0 Å². The number of carbonyl (C=O) groups is 1. The van der Waals surface area contributed by atoms with E-state index in [4.69, 9.17) is 0 Å². The molecule has 1 aromatic heterocycles. The Labute approximate surface area is 185 Å². The van der Waals surface area contributed by atoms with Crippen molar-refractivity contribution in [1.82, 2.24) is 15.2 Å². The van der Waals surface area contributed by atoms with E-state index < -0.39 is 0 Å². The number of dihydropyridines is 1. The average molecular weight is 420 g/mol. The predicted octanol–water partition coefficient (Wildman–Crippen LogP) is 3.83. The Morgan fingerprint density at radius 2 is 1.90 bits per heavy atom. The number of rotatable bonds is 5. The molecule has 164 valence electrons. The summed E-state index contributed by atoms with van der Waals surface area (Å²) in [4.78, 5) is 21.3. The summed E-state index contributed by atoms with van der Waals surface area (Å²) >= 11 is 0. The van der Waals surface area contributed by atoms with Crippen molar-refractivity contribution in [2.24, 2.45) is 5.92 Å². The van der Waals surface area contributed by atoms with E-state index in [1.165, 1.54) is 18.4 Å². The fourth-order valence-corrected chi connectivity index (χ4v) is 4.77. The summed E-state index contributed by atoms with van der Waals surface area (Å²) in [6.45, 7) is 4.30. The first-order valence-electron chi connectivity index (χ1n) is 11.1. The number of nitrogens with zero attached hydrogens (tertiary/aromatic N) is 3. The van der Waals surface area contributed by atoms with Crippen molar-refractivity contribution in [3.05, 3.63) is 65.1 Å². The van der Waals surface area contributed by atoms with Crippen molar-refractivity contribution < 1.29 is 4.79 Å². The van der Waals surface area contributed by atoms with E-state index in [1.807, 2.05) is 51.4 Å². The molecule has 6 heteroatoms. The molecule has 0 bridgehead atoms. The molecular weight excluding hydrogens is 386 g/mol. The zero-order chi connectivity index (χ0) is 22.1. The lowest BCUT2D eigenvalue weighted by Gasteiger charge is -2.35. The van der Waals surface area contributed by atoms with Crippen LogP contribution in [0.3, 0.4) is 0 Å². The van der Waals surface area contributed by atoms with Gasteiger partial charge in [0.1, 0.15) is 12.0 Å². The molecule has 1 saturated carbocycles. The monoisotopic (exact) mass is 419 g/mol. The Kier molecular flexibility index (Phi) is 5.90. The number of anilines is 2. The Morgan fingerprint density at radius 1 is 1.16 bits per heavy atom. The van der Waals surface area contributed by atoms with Crippen LogP contribution in [0.2, 0.25) is 0 Å². The van der Waals surface area contributed by atoms with Crippen molar-refractivity contribution in [2.45, 2.75) is 38.3 Å². The minimum atomic E-state index is -0.102. The number of aromatic nitrogens is 1. The van der Waals surface area contributed by atoms with Gasteiger partial charge in [0.2, 0.25) is 5.91 Å². The van der Waals surface area contributed by atoms with E-state index >= 15 is 0 Å². The van der Waals surface area contributed by atoms with Gasteiger partial charge in [-0.3, -0.25) is 4.79 Å². The number of likely N-dealkylation sites (N-methyl/N-ethyl adjacent to an activating group) is 1. The van der Waals surface area contributed by atoms with Crippen LogP contribution in [0.1, 0.15) is 32.1 Å². The molecule has 2 aliphatic carbocycles. The highest BCUT2D eigenvalue weighted by Crippen LogP contribution is 2.46. The Balaban J connectivity index is 1.68. The molecule has 1 aliphatic heterocycles. The first-order valence-corrected chi connectivity index (χ1v) is 11.1. The number of fused-ring (bicyclic) bond motifs is 1. The number of hydrogen-bond acceptors (Lipinski definition) is 5. The zero-order valence-corrected chi connectivity index (χ0v) is 19.0. The van der Waals surface area contributed by atoms with Crippen molar-refractivity contribution in [3.63, 3.8) is 0 Å². The molecule has 2 heterocycles. The van der Waals surface area contributed by atoms with Gasteiger partial charge in [-0.05, 0) is 53.7 Å². The van der Waals surface area contributed by atoms with Gasteiger partial charge < -0.3 is 20.4 Å². The summed E-state index contributed by atoms with van der Waals surface area (Å²) in [5.41, 5.74) is 6.50. The van der Waals surface area contributed by atoms with Gasteiger partial charge in [-0.25, -0.2) is 4.98 Å². The van der Waals surface area contributed by atoms with E-state index in [1.54, 1.807) is 4.90 Å². The molecule has 1 fully saturated rings. The van der Waals surface area contributed by atoms with Crippen LogP contribution in [0.15, 0.2) is 65.1 Å². The van der Waals surface area contributed by atoms with E-state index in [-0.39, 0.29) is 12.1 Å². The van der Waals surface area contributed by atoms with E-state index in [0.717, 1.165) is 46.6 Å². The van der Waals surface area contributed by atoms with Crippen LogP contribution in [-0.2, 0) is 4.79 Å². The Morgan fingerprint density at radius 3 is 2.52 bits per heavy atom. The highest BCUT2D eigenvalue weighted by Gasteiger charge is 2.35. The number of amides is 1. The van der Waals surface area contributed by atoms with Crippen LogP contribution < -0.4 is 15.5 Å². The van der Waals surface area contributed by atoms with Gasteiger partial charge in [0.25, 0.3) is 0 Å². The molecular formula is C25H33N5O. The van der Waals surface area contributed by atoms with Crippen LogP contribution in [0.4, 0.5) is 11.5 Å². The minimum Gasteiger partial charge on any atom is -0.376 e. The maximum absolute atomic E-state index is 13.1. The fourth-order valence-electron chi connectivity index (χ4n) is 4.77. The second kappa shape index (κ2) is 8.61. The topological polar surface area (TPSA) is 60.5 Å². The molecule has 31 heavy (non-hydrogen) atoms. The van der Waals surface area contributed by atoms with Gasteiger partial charge in [-0.1, -0.05) is 19.4 Å². The summed E-state index contributed by atoms with van der Waals surface area (Å²) < 4.78 is 0. The van der Waals surface area contributed by atoms with Crippen molar-refractivity contribution in [1.29, 1.82) is 0 Å². The SMILES string of the molecule is C=C1CC(C(=O)N(C)C)=C(C2CCCC2)C2=CC(Nc3ccc(N(C)C)cn3)NC=C12. The standard InChI is InChI=1S/C25H33N5O/c1-16-12-20(25(31)30(4)5)24(17-8-6-7-9-17)19-13-23(27-15-21(16)19)28-22-11-10-18(14-26-22)29(2)3/h10-11,13-15,17,23,27H,1,6-9,12H2,2-5H3,(H,26,28). The summed E-state index contributed by atoms with van der Waals surface area (Å²) in [5, 5.41) is 6.90. The second-order valence-electron chi connectivity index (χ2n) is 9.08. The van der Waals surface area contributed by atoms with Crippen LogP contribution in [-0.4, -0.2) is 50.1 Å². The van der Waals surface area contributed by atoms with Gasteiger partial charge in [0.05, 0.1) is 11.9 Å². The molecule has 1 aromatic rings. The Bertz CT molecular complexity index is 962. The highest BCUT2D eigenvalue weighted by molar-refractivity contribution is 5.97.